The molecule has 1 N–H and O–H groups in total. The Kier molecular flexibility index (Phi) is 2.48. The van der Waals surface area contributed by atoms with Gasteiger partial charge in [0.05, 0.1) is 0 Å². The van der Waals surface area contributed by atoms with Crippen LogP contribution in [-0.2, 0) is 0 Å². The summed E-state index contributed by atoms with van der Waals surface area (Å²) in [5, 5.41) is 4.47. The molecule has 3 rings (SSSR count). The van der Waals surface area contributed by atoms with E-state index in [9.17, 15) is 0 Å². The second kappa shape index (κ2) is 3.96. The van der Waals surface area contributed by atoms with E-state index in [-0.39, 0.29) is 0 Å². The Morgan fingerprint density at radius 2 is 2.00 bits per heavy atom. The molecule has 2 aliphatic heterocycles. The molecule has 0 aromatic carbocycles. The molecule has 0 radical (unpaired) electrons. The molecular weight excluding hydrogens is 206 g/mol. The van der Waals surface area contributed by atoms with Gasteiger partial charge in [0.2, 0.25) is 0 Å². The Bertz CT molecular complexity index is 372. The zero-order valence-electron chi connectivity index (χ0n) is 8.44. The maximum Gasteiger partial charge on any atom is 0.111 e. The fourth-order valence-electron chi connectivity index (χ4n) is 2.03. The van der Waals surface area contributed by atoms with Crippen LogP contribution in [0.15, 0.2) is 40.6 Å². The van der Waals surface area contributed by atoms with Crippen molar-refractivity contribution in [2.24, 2.45) is 0 Å². The molecule has 0 aliphatic carbocycles. The van der Waals surface area contributed by atoms with Crippen LogP contribution >= 0.6 is 11.9 Å². The summed E-state index contributed by atoms with van der Waals surface area (Å²) in [6, 6.07) is 6.05. The van der Waals surface area contributed by atoms with E-state index < -0.39 is 0 Å². The third-order valence-corrected chi connectivity index (χ3v) is 3.72. The summed E-state index contributed by atoms with van der Waals surface area (Å²) < 4.78 is 2.38. The van der Waals surface area contributed by atoms with Crippen molar-refractivity contribution in [3.63, 3.8) is 0 Å². The monoisotopic (exact) mass is 219 g/mol. The smallest absolute Gasteiger partial charge is 0.111 e. The van der Waals surface area contributed by atoms with Gasteiger partial charge in [0.25, 0.3) is 0 Å². The van der Waals surface area contributed by atoms with Gasteiger partial charge in [-0.2, -0.15) is 0 Å². The van der Waals surface area contributed by atoms with Crippen LogP contribution in [0.1, 0.15) is 0 Å². The fourth-order valence-corrected chi connectivity index (χ4v) is 2.98. The zero-order chi connectivity index (χ0) is 10.1. The second-order valence-electron chi connectivity index (χ2n) is 3.87. The van der Waals surface area contributed by atoms with E-state index in [0.717, 1.165) is 31.2 Å². The van der Waals surface area contributed by atoms with Crippen LogP contribution in [0.5, 0.6) is 0 Å². The summed E-state index contributed by atoms with van der Waals surface area (Å²) in [5.41, 5.74) is 3.16. The number of rotatable bonds is 2. The molecule has 0 saturated heterocycles. The van der Waals surface area contributed by atoms with E-state index in [1.165, 1.54) is 0 Å². The number of aromatic nitrogens is 1. The topological polar surface area (TPSA) is 28.2 Å². The number of hydrogen-bond donors (Lipinski definition) is 1. The number of hydrogen-bond acceptors (Lipinski definition) is 4. The maximum absolute atomic E-state index is 4.32. The van der Waals surface area contributed by atoms with Crippen LogP contribution in [0.4, 0.5) is 0 Å². The summed E-state index contributed by atoms with van der Waals surface area (Å²) in [4.78, 5) is 4.32. The third kappa shape index (κ3) is 1.93. The zero-order valence-corrected chi connectivity index (χ0v) is 9.26. The van der Waals surface area contributed by atoms with Crippen LogP contribution in [0.3, 0.4) is 0 Å². The molecule has 1 aromatic rings. The van der Waals surface area contributed by atoms with Crippen molar-refractivity contribution in [1.82, 2.24) is 14.6 Å². The largest absolute Gasteiger partial charge is 0.309 e. The lowest BCUT2D eigenvalue weighted by atomic mass is 10.2. The third-order valence-electron chi connectivity index (χ3n) is 2.77. The summed E-state index contributed by atoms with van der Waals surface area (Å²) in [5.74, 6) is 0. The predicted octanol–water partition coefficient (Wildman–Crippen LogP) is 1.30. The highest BCUT2D eigenvalue weighted by Crippen LogP contribution is 2.29. The van der Waals surface area contributed by atoms with Crippen molar-refractivity contribution in [3.05, 3.63) is 35.5 Å². The average molecular weight is 219 g/mol. The first kappa shape index (κ1) is 9.39. The summed E-state index contributed by atoms with van der Waals surface area (Å²) in [6.07, 6.45) is 1.85. The predicted molar refractivity (Wildman–Crippen MR) is 61.6 cm³/mol. The van der Waals surface area contributed by atoms with Crippen LogP contribution < -0.4 is 5.32 Å². The molecule has 1 aromatic heterocycles. The lowest BCUT2D eigenvalue weighted by Crippen LogP contribution is -2.21. The summed E-state index contributed by atoms with van der Waals surface area (Å²) >= 11 is 1.76. The normalized spacial score (nSPS) is 21.1. The Hall–Kier alpha value is -0.840. The molecule has 2 aliphatic rings. The lowest BCUT2D eigenvalue weighted by molar-refractivity contribution is 0.569. The molecule has 0 fully saturated rings. The van der Waals surface area contributed by atoms with Crippen molar-refractivity contribution >= 4 is 11.9 Å². The van der Waals surface area contributed by atoms with E-state index in [0.29, 0.717) is 0 Å². The molecule has 3 nitrogen and oxygen atoms in total. The molecule has 0 atom stereocenters. The SMILES string of the molecule is c1ccc(SN2CC3=C(CNC3)C2)nc1. The standard InChI is InChI=1S/C11H13N3S/c1-2-4-13-11(3-1)15-14-7-9-5-12-6-10(9)8-14/h1-4,12H,5-8H2. The molecule has 4 heteroatoms. The summed E-state index contributed by atoms with van der Waals surface area (Å²) in [7, 11) is 0. The number of nitrogens with zero attached hydrogens (tertiary/aromatic N) is 2. The van der Waals surface area contributed by atoms with Gasteiger partial charge in [-0.1, -0.05) is 6.07 Å². The maximum atomic E-state index is 4.32. The van der Waals surface area contributed by atoms with Gasteiger partial charge < -0.3 is 5.32 Å². The Balaban J connectivity index is 1.64. The first-order chi connectivity index (χ1) is 7.42. The molecule has 3 heterocycles. The van der Waals surface area contributed by atoms with E-state index in [1.807, 2.05) is 18.3 Å². The average Bonchev–Trinajstić information content (AvgIpc) is 2.79. The van der Waals surface area contributed by atoms with E-state index in [2.05, 4.69) is 20.7 Å². The molecule has 0 spiro atoms. The second-order valence-corrected chi connectivity index (χ2v) is 4.99. The Labute approximate surface area is 93.7 Å². The molecule has 0 unspecified atom stereocenters. The first-order valence-corrected chi connectivity index (χ1v) is 5.93. The van der Waals surface area contributed by atoms with Gasteiger partial charge in [-0.3, -0.25) is 0 Å². The number of pyridine rings is 1. The minimum absolute atomic E-state index is 1.08. The van der Waals surface area contributed by atoms with Gasteiger partial charge >= 0.3 is 0 Å². The van der Waals surface area contributed by atoms with Crippen molar-refractivity contribution in [3.8, 4) is 0 Å². The van der Waals surface area contributed by atoms with Crippen LogP contribution in [0, 0.1) is 0 Å². The highest BCUT2D eigenvalue weighted by molar-refractivity contribution is 7.97. The van der Waals surface area contributed by atoms with Gasteiger partial charge in [-0.05, 0) is 35.2 Å². The first-order valence-electron chi connectivity index (χ1n) is 5.16. The number of nitrogens with one attached hydrogen (secondary N) is 1. The Morgan fingerprint density at radius 1 is 1.20 bits per heavy atom. The Morgan fingerprint density at radius 3 is 2.67 bits per heavy atom. The van der Waals surface area contributed by atoms with Gasteiger partial charge in [-0.25, -0.2) is 9.29 Å². The van der Waals surface area contributed by atoms with Gasteiger partial charge in [0, 0.05) is 32.4 Å². The van der Waals surface area contributed by atoms with Crippen molar-refractivity contribution in [1.29, 1.82) is 0 Å². The van der Waals surface area contributed by atoms with Gasteiger partial charge in [-0.15, -0.1) is 0 Å². The molecule has 0 saturated carbocycles. The van der Waals surface area contributed by atoms with E-state index in [1.54, 1.807) is 23.1 Å². The van der Waals surface area contributed by atoms with Crippen LogP contribution in [-0.4, -0.2) is 35.5 Å². The van der Waals surface area contributed by atoms with E-state index >= 15 is 0 Å². The van der Waals surface area contributed by atoms with Crippen molar-refractivity contribution in [2.45, 2.75) is 5.03 Å². The van der Waals surface area contributed by atoms with Gasteiger partial charge in [0.1, 0.15) is 5.03 Å². The van der Waals surface area contributed by atoms with Crippen molar-refractivity contribution < 1.29 is 0 Å². The van der Waals surface area contributed by atoms with Crippen LogP contribution in [0.25, 0.3) is 0 Å². The fraction of sp³-hybridized carbons (Fsp3) is 0.364. The molecule has 78 valence electrons. The molecular formula is C11H13N3S. The minimum Gasteiger partial charge on any atom is -0.309 e. The van der Waals surface area contributed by atoms with E-state index in [4.69, 9.17) is 0 Å². The highest BCUT2D eigenvalue weighted by atomic mass is 32.2. The highest BCUT2D eigenvalue weighted by Gasteiger charge is 2.25. The quantitative estimate of drug-likeness (QED) is 0.599. The van der Waals surface area contributed by atoms with Crippen molar-refractivity contribution in [2.75, 3.05) is 26.2 Å². The summed E-state index contributed by atoms with van der Waals surface area (Å²) in [6.45, 7) is 4.33. The molecule has 0 amide bonds. The van der Waals surface area contributed by atoms with Crippen LogP contribution in [0.2, 0.25) is 0 Å². The van der Waals surface area contributed by atoms with Gasteiger partial charge in [0.15, 0.2) is 0 Å². The molecule has 0 bridgehead atoms. The lowest BCUT2D eigenvalue weighted by Gasteiger charge is -2.15. The minimum atomic E-state index is 1.08. The molecule has 15 heavy (non-hydrogen) atoms.